The summed E-state index contributed by atoms with van der Waals surface area (Å²) in [5, 5.41) is 5.20. The highest BCUT2D eigenvalue weighted by Gasteiger charge is 2.36. The van der Waals surface area contributed by atoms with E-state index in [1.807, 2.05) is 24.6 Å². The van der Waals surface area contributed by atoms with Gasteiger partial charge in [-0.3, -0.25) is 4.79 Å². The zero-order valence-electron chi connectivity index (χ0n) is 17.9. The fourth-order valence-electron chi connectivity index (χ4n) is 4.14. The number of aromatic nitrogens is 3. The Hall–Kier alpha value is -2.74. The van der Waals surface area contributed by atoms with Gasteiger partial charge in [0.1, 0.15) is 6.04 Å². The van der Waals surface area contributed by atoms with Crippen molar-refractivity contribution in [2.75, 3.05) is 13.7 Å². The van der Waals surface area contributed by atoms with E-state index in [4.69, 9.17) is 9.72 Å². The second-order valence-corrected chi connectivity index (χ2v) is 9.44. The van der Waals surface area contributed by atoms with E-state index in [1.165, 1.54) is 12.0 Å². The van der Waals surface area contributed by atoms with Crippen molar-refractivity contribution in [1.82, 2.24) is 19.7 Å². The smallest absolute Gasteiger partial charge is 0.328 e. The lowest BCUT2D eigenvalue weighted by Crippen LogP contribution is -2.41. The quantitative estimate of drug-likeness (QED) is 0.586. The average molecular weight is 427 g/mol. The minimum Gasteiger partial charge on any atom is -0.467 e. The van der Waals surface area contributed by atoms with Gasteiger partial charge >= 0.3 is 5.97 Å². The highest BCUT2D eigenvalue weighted by molar-refractivity contribution is 7.12. The molecule has 158 valence electrons. The topological polar surface area (TPSA) is 77.3 Å². The Morgan fingerprint density at radius 3 is 2.67 bits per heavy atom. The van der Waals surface area contributed by atoms with Crippen LogP contribution in [0.15, 0.2) is 18.3 Å². The third kappa shape index (κ3) is 3.39. The van der Waals surface area contributed by atoms with E-state index in [2.05, 4.69) is 25.0 Å². The van der Waals surface area contributed by atoms with Crippen molar-refractivity contribution in [1.29, 1.82) is 0 Å². The molecule has 8 heteroatoms. The maximum Gasteiger partial charge on any atom is 0.328 e. The van der Waals surface area contributed by atoms with Gasteiger partial charge in [-0.05, 0) is 52.7 Å². The molecule has 1 amide bonds. The molecule has 30 heavy (non-hydrogen) atoms. The number of nitrogens with zero attached hydrogens (tertiary/aromatic N) is 4. The Morgan fingerprint density at radius 2 is 2.03 bits per heavy atom. The molecule has 4 rings (SSSR count). The lowest BCUT2D eigenvalue weighted by Gasteiger charge is -2.23. The third-order valence-electron chi connectivity index (χ3n) is 5.59. The van der Waals surface area contributed by atoms with Crippen LogP contribution in [0.2, 0.25) is 0 Å². The van der Waals surface area contributed by atoms with E-state index >= 15 is 0 Å². The molecule has 0 bridgehead atoms. The first kappa shape index (κ1) is 20.5. The summed E-state index contributed by atoms with van der Waals surface area (Å²) < 4.78 is 6.76. The van der Waals surface area contributed by atoms with Crippen molar-refractivity contribution >= 4 is 34.2 Å². The number of esters is 1. The van der Waals surface area contributed by atoms with Crippen molar-refractivity contribution in [3.8, 4) is 11.3 Å². The van der Waals surface area contributed by atoms with Crippen LogP contribution in [0.4, 0.5) is 0 Å². The molecular formula is C22H26N4O3S. The maximum absolute atomic E-state index is 13.6. The molecule has 1 atom stereocenters. The van der Waals surface area contributed by atoms with Gasteiger partial charge < -0.3 is 9.64 Å². The first-order chi connectivity index (χ1) is 14.3. The highest BCUT2D eigenvalue weighted by atomic mass is 32.1. The van der Waals surface area contributed by atoms with E-state index in [-0.39, 0.29) is 17.9 Å². The van der Waals surface area contributed by atoms with Crippen LogP contribution in [0.1, 0.15) is 52.8 Å². The first-order valence-electron chi connectivity index (χ1n) is 10.2. The highest BCUT2D eigenvalue weighted by Crippen LogP contribution is 2.33. The number of rotatable bonds is 4. The van der Waals surface area contributed by atoms with E-state index in [9.17, 15) is 9.59 Å². The van der Waals surface area contributed by atoms with E-state index in [0.717, 1.165) is 22.6 Å². The minimum absolute atomic E-state index is 0.105. The van der Waals surface area contributed by atoms with Crippen LogP contribution in [-0.4, -0.2) is 51.2 Å². The predicted octanol–water partition coefficient (Wildman–Crippen LogP) is 4.14. The van der Waals surface area contributed by atoms with Crippen molar-refractivity contribution < 1.29 is 14.3 Å². The summed E-state index contributed by atoms with van der Waals surface area (Å²) in [7, 11) is 1.36. The van der Waals surface area contributed by atoms with Crippen molar-refractivity contribution in [2.45, 2.75) is 52.6 Å². The fourth-order valence-corrected chi connectivity index (χ4v) is 5.07. The second kappa shape index (κ2) is 7.83. The summed E-state index contributed by atoms with van der Waals surface area (Å²) in [6, 6.07) is 3.51. The van der Waals surface area contributed by atoms with E-state index in [0.29, 0.717) is 29.6 Å². The molecule has 1 fully saturated rings. The van der Waals surface area contributed by atoms with Gasteiger partial charge in [-0.15, -0.1) is 11.3 Å². The zero-order chi connectivity index (χ0) is 21.6. The molecule has 0 aromatic carbocycles. The van der Waals surface area contributed by atoms with Gasteiger partial charge in [0.05, 0.1) is 30.0 Å². The largest absolute Gasteiger partial charge is 0.467 e. The van der Waals surface area contributed by atoms with E-state index in [1.54, 1.807) is 22.4 Å². The molecular weight excluding hydrogens is 400 g/mol. The molecule has 1 aliphatic heterocycles. The average Bonchev–Trinajstić information content (AvgIpc) is 3.43. The van der Waals surface area contributed by atoms with Crippen LogP contribution in [-0.2, 0) is 9.53 Å². The summed E-state index contributed by atoms with van der Waals surface area (Å²) in [4.78, 5) is 34.7. The summed E-state index contributed by atoms with van der Waals surface area (Å²) in [5.41, 5.74) is 2.99. The second-order valence-electron chi connectivity index (χ2n) is 7.98. The van der Waals surface area contributed by atoms with Gasteiger partial charge in [0.15, 0.2) is 5.65 Å². The molecule has 3 aromatic heterocycles. The molecule has 4 heterocycles. The molecule has 1 unspecified atom stereocenters. The first-order valence-corrected chi connectivity index (χ1v) is 11.0. The molecule has 1 saturated heterocycles. The standard InChI is InChI=1S/C22H26N4O3S/c1-12(2)26-20-17(11-23-26)16(10-18(24-20)15-9-13(3)30-14(15)4)21(27)25-8-6-7-19(25)22(28)29-5/h9-12,19H,6-8H2,1-5H3. The van der Waals surface area contributed by atoms with Crippen molar-refractivity contribution in [2.24, 2.45) is 0 Å². The Kier molecular flexibility index (Phi) is 5.36. The number of fused-ring (bicyclic) bond motifs is 1. The normalized spacial score (nSPS) is 16.6. The number of carbonyl (C=O) groups excluding carboxylic acids is 2. The van der Waals surface area contributed by atoms with Crippen molar-refractivity contribution in [3.05, 3.63) is 33.6 Å². The summed E-state index contributed by atoms with van der Waals surface area (Å²) >= 11 is 1.71. The summed E-state index contributed by atoms with van der Waals surface area (Å²) in [6.45, 7) is 8.74. The van der Waals surface area contributed by atoms with Crippen LogP contribution < -0.4 is 0 Å². The Labute approximate surface area is 179 Å². The number of pyridine rings is 1. The summed E-state index contributed by atoms with van der Waals surface area (Å²) in [5.74, 6) is -0.544. The van der Waals surface area contributed by atoms with Crippen LogP contribution >= 0.6 is 11.3 Å². The van der Waals surface area contributed by atoms with Crippen LogP contribution in [0, 0.1) is 13.8 Å². The third-order valence-corrected chi connectivity index (χ3v) is 6.56. The molecule has 1 aliphatic rings. The van der Waals surface area contributed by atoms with Gasteiger partial charge in [-0.2, -0.15) is 5.10 Å². The summed E-state index contributed by atoms with van der Waals surface area (Å²) in [6.07, 6.45) is 3.10. The molecule has 7 nitrogen and oxygen atoms in total. The molecule has 0 N–H and O–H groups in total. The Morgan fingerprint density at radius 1 is 1.27 bits per heavy atom. The van der Waals surface area contributed by atoms with Crippen LogP contribution in [0.5, 0.6) is 0 Å². The Bertz CT molecular complexity index is 1130. The number of hydrogen-bond donors (Lipinski definition) is 0. The van der Waals surface area contributed by atoms with E-state index < -0.39 is 6.04 Å². The number of hydrogen-bond acceptors (Lipinski definition) is 6. The number of thiophene rings is 1. The zero-order valence-corrected chi connectivity index (χ0v) is 18.7. The molecule has 0 saturated carbocycles. The van der Waals surface area contributed by atoms with Crippen molar-refractivity contribution in [3.63, 3.8) is 0 Å². The predicted molar refractivity (Wildman–Crippen MR) is 117 cm³/mol. The van der Waals surface area contributed by atoms with Gasteiger partial charge in [-0.1, -0.05) is 0 Å². The molecule has 0 radical (unpaired) electrons. The number of methoxy groups -OCH3 is 1. The lowest BCUT2D eigenvalue weighted by atomic mass is 10.1. The van der Waals surface area contributed by atoms with Gasteiger partial charge in [0, 0.05) is 27.9 Å². The molecule has 0 aliphatic carbocycles. The van der Waals surface area contributed by atoms with Gasteiger partial charge in [-0.25, -0.2) is 14.5 Å². The van der Waals surface area contributed by atoms with Gasteiger partial charge in [0.2, 0.25) is 0 Å². The molecule has 3 aromatic rings. The number of ether oxygens (including phenoxy) is 1. The SMILES string of the molecule is COC(=O)C1CCCN1C(=O)c1cc(-c2cc(C)sc2C)nc2c1cnn2C(C)C. The Balaban J connectivity index is 1.89. The van der Waals surface area contributed by atoms with Crippen LogP contribution in [0.3, 0.4) is 0 Å². The monoisotopic (exact) mass is 426 g/mol. The number of carbonyl (C=O) groups is 2. The lowest BCUT2D eigenvalue weighted by molar-refractivity contribution is -0.145. The fraction of sp³-hybridized carbons (Fsp3) is 0.455. The van der Waals surface area contributed by atoms with Gasteiger partial charge in [0.25, 0.3) is 5.91 Å². The maximum atomic E-state index is 13.6. The number of aryl methyl sites for hydroxylation is 2. The number of amides is 1. The molecule has 0 spiro atoms. The minimum atomic E-state index is -0.542. The van der Waals surface area contributed by atoms with Crippen LogP contribution in [0.25, 0.3) is 22.3 Å². The number of likely N-dealkylation sites (tertiary alicyclic amines) is 1.